The number of benzene rings is 2. The van der Waals surface area contributed by atoms with E-state index in [-0.39, 0.29) is 16.3 Å². The SMILES string of the molecule is CC(F)(F)CNC(=O)NNC(=O)c1cc(NC(=O)C2C(c3cc(Cl)cc(I)c3)C2(Cl)Cl)ccc1Cl. The largest absolute Gasteiger partial charge is 0.333 e. The number of hydrogen-bond acceptors (Lipinski definition) is 3. The van der Waals surface area contributed by atoms with Crippen LogP contribution in [0.1, 0.15) is 28.8 Å². The molecule has 2 aromatic rings. The van der Waals surface area contributed by atoms with Crippen molar-refractivity contribution in [2.24, 2.45) is 5.92 Å². The van der Waals surface area contributed by atoms with Crippen LogP contribution in [-0.2, 0) is 4.79 Å². The first kappa shape index (κ1) is 28.0. The molecular formula is C21H17Cl4F2IN4O3. The maximum Gasteiger partial charge on any atom is 0.333 e. The van der Waals surface area contributed by atoms with Crippen LogP contribution >= 0.6 is 69.0 Å². The highest BCUT2D eigenvalue weighted by molar-refractivity contribution is 14.1. The molecule has 1 saturated carbocycles. The molecule has 1 fully saturated rings. The highest BCUT2D eigenvalue weighted by Crippen LogP contribution is 2.65. The highest BCUT2D eigenvalue weighted by Gasteiger charge is 2.67. The average Bonchev–Trinajstić information content (AvgIpc) is 3.32. The van der Waals surface area contributed by atoms with Gasteiger partial charge in [-0.25, -0.2) is 19.0 Å². The quantitative estimate of drug-likeness (QED) is 0.179. The summed E-state index contributed by atoms with van der Waals surface area (Å²) in [6.45, 7) is -0.292. The molecule has 0 heterocycles. The van der Waals surface area contributed by atoms with Gasteiger partial charge in [-0.05, 0) is 64.6 Å². The van der Waals surface area contributed by atoms with Crippen LogP contribution in [0.2, 0.25) is 10.0 Å². The summed E-state index contributed by atoms with van der Waals surface area (Å²) in [5, 5.41) is 5.05. The number of nitrogens with one attached hydrogen (secondary N) is 4. The fourth-order valence-corrected chi connectivity index (χ4v) is 5.43. The van der Waals surface area contributed by atoms with Crippen LogP contribution in [0.4, 0.5) is 19.3 Å². The van der Waals surface area contributed by atoms with Crippen molar-refractivity contribution in [3.63, 3.8) is 0 Å². The molecule has 0 aromatic heterocycles. The number of halogens is 7. The molecule has 1 aliphatic rings. The molecule has 1 aliphatic carbocycles. The number of hydrogen-bond donors (Lipinski definition) is 4. The topological polar surface area (TPSA) is 99.3 Å². The van der Waals surface area contributed by atoms with Gasteiger partial charge in [-0.2, -0.15) is 0 Å². The first-order valence-corrected chi connectivity index (χ1v) is 12.4. The minimum absolute atomic E-state index is 0.0182. The van der Waals surface area contributed by atoms with E-state index in [9.17, 15) is 23.2 Å². The summed E-state index contributed by atoms with van der Waals surface area (Å²) in [5.41, 5.74) is 4.82. The van der Waals surface area contributed by atoms with Gasteiger partial charge in [0.15, 0.2) is 0 Å². The normalized spacial score (nSPS) is 18.4. The summed E-state index contributed by atoms with van der Waals surface area (Å²) in [7, 11) is 0. The van der Waals surface area contributed by atoms with Crippen molar-refractivity contribution in [1.29, 1.82) is 0 Å². The van der Waals surface area contributed by atoms with Gasteiger partial charge in [0.25, 0.3) is 11.8 Å². The standard InChI is InChI=1S/C21H17Cl4F2IN4O3/c1-20(26,27)8-29-19(35)32-31-17(33)13-7-12(2-3-14(13)23)30-18(34)16-15(21(16,24)25)9-4-10(22)6-11(28)5-9/h2-7,15-16H,8H2,1H3,(H,30,34)(H,31,33)(H2,29,32,35). The minimum Gasteiger partial charge on any atom is -0.331 e. The summed E-state index contributed by atoms with van der Waals surface area (Å²) in [5.74, 6) is -5.72. The lowest BCUT2D eigenvalue weighted by Gasteiger charge is -2.13. The van der Waals surface area contributed by atoms with E-state index in [1.807, 2.05) is 22.2 Å². The summed E-state index contributed by atoms with van der Waals surface area (Å²) in [6, 6.07) is 8.34. The first-order chi connectivity index (χ1) is 16.2. The van der Waals surface area contributed by atoms with Crippen LogP contribution in [0.3, 0.4) is 0 Å². The number of urea groups is 1. The Balaban J connectivity index is 1.66. The number of anilines is 1. The predicted molar refractivity (Wildman–Crippen MR) is 140 cm³/mol. The van der Waals surface area contributed by atoms with Gasteiger partial charge in [-0.3, -0.25) is 15.0 Å². The monoisotopic (exact) mass is 678 g/mol. The number of rotatable bonds is 6. The molecule has 0 bridgehead atoms. The molecule has 0 saturated heterocycles. The zero-order valence-corrected chi connectivity index (χ0v) is 22.9. The van der Waals surface area contributed by atoms with Crippen LogP contribution in [0.15, 0.2) is 36.4 Å². The molecule has 7 nitrogen and oxygen atoms in total. The maximum atomic E-state index is 12.9. The van der Waals surface area contributed by atoms with Crippen molar-refractivity contribution in [1.82, 2.24) is 16.2 Å². The van der Waals surface area contributed by atoms with Gasteiger partial charge in [0.05, 0.1) is 23.0 Å². The molecule has 0 radical (unpaired) electrons. The van der Waals surface area contributed by atoms with Crippen molar-refractivity contribution in [2.45, 2.75) is 23.1 Å². The number of alkyl halides is 4. The van der Waals surface area contributed by atoms with Crippen molar-refractivity contribution >= 4 is 92.5 Å². The molecule has 0 aliphatic heterocycles. The number of amides is 4. The Morgan fingerprint density at radius 2 is 1.77 bits per heavy atom. The third kappa shape index (κ3) is 7.22. The second-order valence-corrected chi connectivity index (χ2v) is 11.4. The summed E-state index contributed by atoms with van der Waals surface area (Å²) in [4.78, 5) is 36.9. The predicted octanol–water partition coefficient (Wildman–Crippen LogP) is 5.72. The van der Waals surface area contributed by atoms with E-state index in [0.29, 0.717) is 17.5 Å². The Hall–Kier alpha value is -1.60. The van der Waals surface area contributed by atoms with E-state index in [1.165, 1.54) is 18.2 Å². The zero-order valence-electron chi connectivity index (χ0n) is 17.7. The van der Waals surface area contributed by atoms with Crippen molar-refractivity contribution in [3.05, 3.63) is 61.1 Å². The first-order valence-electron chi connectivity index (χ1n) is 9.85. The van der Waals surface area contributed by atoms with Crippen LogP contribution in [0.5, 0.6) is 0 Å². The Labute approximate surface area is 232 Å². The molecule has 3 rings (SSSR count). The minimum atomic E-state index is -3.12. The van der Waals surface area contributed by atoms with Gasteiger partial charge in [-0.15, -0.1) is 23.2 Å². The van der Waals surface area contributed by atoms with E-state index in [2.05, 4.69) is 27.9 Å². The zero-order chi connectivity index (χ0) is 26.1. The Kier molecular flexibility index (Phi) is 8.63. The Bertz CT molecular complexity index is 1160. The van der Waals surface area contributed by atoms with Crippen molar-refractivity contribution < 1.29 is 23.2 Å². The lowest BCUT2D eigenvalue weighted by Crippen LogP contribution is -2.49. The third-order valence-electron chi connectivity index (χ3n) is 4.91. The molecule has 188 valence electrons. The molecular weight excluding hydrogens is 663 g/mol. The lowest BCUT2D eigenvalue weighted by molar-refractivity contribution is -0.117. The molecule has 0 spiro atoms. The van der Waals surface area contributed by atoms with Gasteiger partial charge in [0.1, 0.15) is 4.33 Å². The second kappa shape index (κ2) is 10.8. The Morgan fingerprint density at radius 3 is 2.40 bits per heavy atom. The van der Waals surface area contributed by atoms with Gasteiger partial charge < -0.3 is 10.6 Å². The van der Waals surface area contributed by atoms with E-state index < -0.39 is 46.5 Å². The number of carbonyl (C=O) groups excluding carboxylic acids is 3. The molecule has 2 unspecified atom stereocenters. The highest BCUT2D eigenvalue weighted by atomic mass is 127. The van der Waals surface area contributed by atoms with Gasteiger partial charge in [0.2, 0.25) is 5.91 Å². The molecule has 2 atom stereocenters. The van der Waals surface area contributed by atoms with Crippen LogP contribution < -0.4 is 21.5 Å². The molecule has 4 N–H and O–H groups in total. The van der Waals surface area contributed by atoms with Crippen LogP contribution in [-0.4, -0.2) is 34.6 Å². The fourth-order valence-electron chi connectivity index (χ4n) is 3.28. The molecule has 14 heteroatoms. The average molecular weight is 680 g/mol. The lowest BCUT2D eigenvalue weighted by atomic mass is 10.1. The van der Waals surface area contributed by atoms with Crippen LogP contribution in [0, 0.1) is 9.49 Å². The number of carbonyl (C=O) groups is 3. The van der Waals surface area contributed by atoms with Gasteiger partial charge in [0, 0.05) is 27.1 Å². The molecule has 4 amide bonds. The van der Waals surface area contributed by atoms with E-state index in [0.717, 1.165) is 3.57 Å². The Morgan fingerprint density at radius 1 is 1.09 bits per heavy atom. The van der Waals surface area contributed by atoms with E-state index >= 15 is 0 Å². The third-order valence-corrected chi connectivity index (χ3v) is 7.02. The molecule has 35 heavy (non-hydrogen) atoms. The summed E-state index contributed by atoms with van der Waals surface area (Å²) >= 11 is 27.0. The second-order valence-electron chi connectivity index (χ2n) is 7.85. The molecule has 2 aromatic carbocycles. The van der Waals surface area contributed by atoms with Gasteiger partial charge >= 0.3 is 6.03 Å². The van der Waals surface area contributed by atoms with E-state index in [1.54, 1.807) is 12.1 Å². The maximum absolute atomic E-state index is 12.9. The fraction of sp³-hybridized carbons (Fsp3) is 0.286. The van der Waals surface area contributed by atoms with E-state index in [4.69, 9.17) is 46.4 Å². The van der Waals surface area contributed by atoms with Crippen molar-refractivity contribution in [2.75, 3.05) is 11.9 Å². The van der Waals surface area contributed by atoms with Crippen LogP contribution in [0.25, 0.3) is 0 Å². The van der Waals surface area contributed by atoms with Crippen molar-refractivity contribution in [3.8, 4) is 0 Å². The number of hydrazine groups is 1. The summed E-state index contributed by atoms with van der Waals surface area (Å²) < 4.78 is 25.1. The summed E-state index contributed by atoms with van der Waals surface area (Å²) in [6.07, 6.45) is 0. The smallest absolute Gasteiger partial charge is 0.331 e. The van der Waals surface area contributed by atoms with Gasteiger partial charge in [-0.1, -0.05) is 23.2 Å².